The molecule has 0 aliphatic heterocycles. The van der Waals surface area contributed by atoms with Crippen LogP contribution in [0.5, 0.6) is 11.5 Å². The third-order valence-corrected chi connectivity index (χ3v) is 3.27. The minimum absolute atomic E-state index is 0.142. The number of para-hydroxylation sites is 2. The molecule has 0 N–H and O–H groups in total. The molecule has 87 valence electrons. The standard InChI is InChI=1S/C13H11O3S/c1-17(14,15)13-10-6-5-9-12(13)16-11-7-3-2-4-8-11/h2-8,10H,1H3. The van der Waals surface area contributed by atoms with Crippen molar-refractivity contribution in [2.45, 2.75) is 4.90 Å². The van der Waals surface area contributed by atoms with E-state index in [9.17, 15) is 8.42 Å². The largest absolute Gasteiger partial charge is 0.455 e. The molecule has 0 aromatic heterocycles. The molecule has 2 aromatic rings. The van der Waals surface area contributed by atoms with Gasteiger partial charge in [0, 0.05) is 12.3 Å². The van der Waals surface area contributed by atoms with Crippen LogP contribution in [0.3, 0.4) is 0 Å². The van der Waals surface area contributed by atoms with Crippen LogP contribution in [0.1, 0.15) is 0 Å². The van der Waals surface area contributed by atoms with Crippen molar-refractivity contribution in [2.75, 3.05) is 6.26 Å². The predicted molar refractivity (Wildman–Crippen MR) is 64.9 cm³/mol. The van der Waals surface area contributed by atoms with Gasteiger partial charge in [-0.2, -0.15) is 0 Å². The SMILES string of the molecule is CS(=O)(=O)c1ccc[c]c1Oc1ccccc1. The van der Waals surface area contributed by atoms with Gasteiger partial charge >= 0.3 is 0 Å². The molecule has 17 heavy (non-hydrogen) atoms. The highest BCUT2D eigenvalue weighted by Crippen LogP contribution is 2.27. The van der Waals surface area contributed by atoms with Crippen molar-refractivity contribution in [1.82, 2.24) is 0 Å². The molecule has 0 spiro atoms. The molecule has 4 heteroatoms. The van der Waals surface area contributed by atoms with Crippen molar-refractivity contribution in [3.8, 4) is 11.5 Å². The van der Waals surface area contributed by atoms with E-state index >= 15 is 0 Å². The van der Waals surface area contributed by atoms with Crippen LogP contribution in [0.4, 0.5) is 0 Å². The average Bonchev–Trinajstić information content (AvgIpc) is 2.30. The second kappa shape index (κ2) is 4.59. The van der Waals surface area contributed by atoms with E-state index in [4.69, 9.17) is 4.74 Å². The van der Waals surface area contributed by atoms with Crippen LogP contribution >= 0.6 is 0 Å². The maximum absolute atomic E-state index is 11.5. The molecule has 0 amide bonds. The lowest BCUT2D eigenvalue weighted by Crippen LogP contribution is -2.00. The molecular formula is C13H11O3S. The minimum Gasteiger partial charge on any atom is -0.455 e. The summed E-state index contributed by atoms with van der Waals surface area (Å²) in [6, 6.07) is 16.5. The highest BCUT2D eigenvalue weighted by Gasteiger charge is 2.14. The second-order valence-corrected chi connectivity index (χ2v) is 5.53. The molecule has 0 saturated carbocycles. The normalized spacial score (nSPS) is 11.1. The smallest absolute Gasteiger partial charge is 0.179 e. The van der Waals surface area contributed by atoms with E-state index in [1.54, 1.807) is 24.3 Å². The zero-order valence-corrected chi connectivity index (χ0v) is 10.1. The molecule has 0 atom stereocenters. The first kappa shape index (κ1) is 11.7. The monoisotopic (exact) mass is 247 g/mol. The fourth-order valence-corrected chi connectivity index (χ4v) is 2.15. The van der Waals surface area contributed by atoms with Crippen LogP contribution in [-0.4, -0.2) is 14.7 Å². The molecule has 3 nitrogen and oxygen atoms in total. The fourth-order valence-electron chi connectivity index (χ4n) is 1.38. The van der Waals surface area contributed by atoms with E-state index in [1.165, 1.54) is 6.07 Å². The Hall–Kier alpha value is -1.81. The molecule has 0 saturated heterocycles. The number of ether oxygens (including phenoxy) is 1. The Labute approximate surface area is 101 Å². The van der Waals surface area contributed by atoms with Crippen LogP contribution in [0.2, 0.25) is 0 Å². The quantitative estimate of drug-likeness (QED) is 0.837. The van der Waals surface area contributed by atoms with Gasteiger partial charge in [0.05, 0.1) is 0 Å². The van der Waals surface area contributed by atoms with Crippen LogP contribution < -0.4 is 4.74 Å². The van der Waals surface area contributed by atoms with Crippen molar-refractivity contribution >= 4 is 9.84 Å². The highest BCUT2D eigenvalue weighted by molar-refractivity contribution is 7.90. The second-order valence-electron chi connectivity index (χ2n) is 3.55. The van der Waals surface area contributed by atoms with E-state index < -0.39 is 9.84 Å². The summed E-state index contributed by atoms with van der Waals surface area (Å²) in [5.41, 5.74) is 0. The maximum atomic E-state index is 11.5. The van der Waals surface area contributed by atoms with Gasteiger partial charge in [-0.1, -0.05) is 30.3 Å². The molecule has 0 heterocycles. The summed E-state index contributed by atoms with van der Waals surface area (Å²) < 4.78 is 28.6. The number of benzene rings is 2. The van der Waals surface area contributed by atoms with Gasteiger partial charge in [-0.05, 0) is 18.2 Å². The van der Waals surface area contributed by atoms with Gasteiger partial charge in [0.2, 0.25) is 0 Å². The molecular weight excluding hydrogens is 236 g/mol. The Morgan fingerprint density at radius 2 is 1.76 bits per heavy atom. The van der Waals surface area contributed by atoms with Gasteiger partial charge in [0.25, 0.3) is 0 Å². The molecule has 1 radical (unpaired) electrons. The topological polar surface area (TPSA) is 43.4 Å². The van der Waals surface area contributed by atoms with Gasteiger partial charge < -0.3 is 4.74 Å². The summed E-state index contributed by atoms with van der Waals surface area (Å²) in [5, 5.41) is 0. The van der Waals surface area contributed by atoms with Crippen LogP contribution in [-0.2, 0) is 9.84 Å². The van der Waals surface area contributed by atoms with Crippen molar-refractivity contribution in [1.29, 1.82) is 0 Å². The minimum atomic E-state index is -3.31. The molecule has 0 aliphatic carbocycles. The summed E-state index contributed by atoms with van der Waals surface area (Å²) in [4.78, 5) is 0.142. The summed E-state index contributed by atoms with van der Waals surface area (Å²) in [7, 11) is -3.31. The Morgan fingerprint density at radius 1 is 1.06 bits per heavy atom. The molecule has 0 unspecified atom stereocenters. The third kappa shape index (κ3) is 2.85. The number of sulfone groups is 1. The van der Waals surface area contributed by atoms with Crippen LogP contribution in [0.15, 0.2) is 53.4 Å². The first-order valence-corrected chi connectivity index (χ1v) is 6.90. The van der Waals surface area contributed by atoms with Gasteiger partial charge in [-0.15, -0.1) is 0 Å². The van der Waals surface area contributed by atoms with E-state index in [0.717, 1.165) is 6.26 Å². The van der Waals surface area contributed by atoms with Crippen LogP contribution in [0.25, 0.3) is 0 Å². The van der Waals surface area contributed by atoms with E-state index in [1.807, 2.05) is 18.2 Å². The summed E-state index contributed by atoms with van der Waals surface area (Å²) in [5.74, 6) is 0.807. The van der Waals surface area contributed by atoms with Crippen LogP contribution in [0, 0.1) is 6.07 Å². The molecule has 0 aliphatic rings. The number of rotatable bonds is 3. The lowest BCUT2D eigenvalue weighted by atomic mass is 10.3. The van der Waals surface area contributed by atoms with Crippen molar-refractivity contribution in [2.24, 2.45) is 0 Å². The Balaban J connectivity index is 2.41. The van der Waals surface area contributed by atoms with Gasteiger partial charge in [-0.3, -0.25) is 0 Å². The molecule has 0 fully saturated rings. The zero-order valence-electron chi connectivity index (χ0n) is 9.25. The number of hydrogen-bond acceptors (Lipinski definition) is 3. The van der Waals surface area contributed by atoms with E-state index in [0.29, 0.717) is 5.75 Å². The fraction of sp³-hybridized carbons (Fsp3) is 0.0769. The first-order chi connectivity index (χ1) is 8.07. The van der Waals surface area contributed by atoms with Crippen molar-refractivity contribution < 1.29 is 13.2 Å². The first-order valence-electron chi connectivity index (χ1n) is 5.01. The third-order valence-electron chi connectivity index (χ3n) is 2.14. The summed E-state index contributed by atoms with van der Waals surface area (Å²) in [6.07, 6.45) is 1.15. The lowest BCUT2D eigenvalue weighted by Gasteiger charge is -2.08. The zero-order chi connectivity index (χ0) is 12.3. The summed E-state index contributed by atoms with van der Waals surface area (Å²) >= 11 is 0. The van der Waals surface area contributed by atoms with Gasteiger partial charge in [0.15, 0.2) is 15.6 Å². The number of hydrogen-bond donors (Lipinski definition) is 0. The maximum Gasteiger partial charge on any atom is 0.179 e. The van der Waals surface area contributed by atoms with E-state index in [2.05, 4.69) is 6.07 Å². The molecule has 2 aromatic carbocycles. The average molecular weight is 247 g/mol. The van der Waals surface area contributed by atoms with Gasteiger partial charge in [0.1, 0.15) is 10.6 Å². The molecule has 2 rings (SSSR count). The van der Waals surface area contributed by atoms with E-state index in [-0.39, 0.29) is 10.6 Å². The van der Waals surface area contributed by atoms with Crippen molar-refractivity contribution in [3.05, 3.63) is 54.6 Å². The molecule has 0 bridgehead atoms. The Kier molecular flexibility index (Phi) is 3.15. The Bertz CT molecular complexity index is 604. The lowest BCUT2D eigenvalue weighted by molar-refractivity contribution is 0.467. The highest BCUT2D eigenvalue weighted by atomic mass is 32.2. The summed E-state index contributed by atoms with van der Waals surface area (Å²) in [6.45, 7) is 0. The predicted octanol–water partition coefficient (Wildman–Crippen LogP) is 2.68. The van der Waals surface area contributed by atoms with Gasteiger partial charge in [-0.25, -0.2) is 8.42 Å². The van der Waals surface area contributed by atoms with Crippen molar-refractivity contribution in [3.63, 3.8) is 0 Å². The Morgan fingerprint density at radius 3 is 2.41 bits per heavy atom.